The Labute approximate surface area is 120 Å². The van der Waals surface area contributed by atoms with Crippen LogP contribution in [0.25, 0.3) is 0 Å². The molecule has 0 amide bonds. The molecule has 0 atom stereocenters. The van der Waals surface area contributed by atoms with Gasteiger partial charge in [-0.2, -0.15) is 0 Å². The Balaban J connectivity index is 1.38. The molecule has 102 valence electrons. The predicted molar refractivity (Wildman–Crippen MR) is 83.0 cm³/mol. The highest BCUT2D eigenvalue weighted by atomic mass is 15.3. The van der Waals surface area contributed by atoms with Gasteiger partial charge in [0.15, 0.2) is 0 Å². The molecule has 0 N–H and O–H groups in total. The van der Waals surface area contributed by atoms with Crippen molar-refractivity contribution in [1.82, 2.24) is 4.90 Å². The quantitative estimate of drug-likeness (QED) is 0.841. The summed E-state index contributed by atoms with van der Waals surface area (Å²) in [5.74, 6) is 0. The molecular formula is C18H20N2. The monoisotopic (exact) mass is 264 g/mol. The maximum atomic E-state index is 2.61. The van der Waals surface area contributed by atoms with E-state index in [-0.39, 0.29) is 0 Å². The van der Waals surface area contributed by atoms with Crippen LogP contribution in [-0.4, -0.2) is 30.6 Å². The number of hydrogen-bond donors (Lipinski definition) is 0. The van der Waals surface area contributed by atoms with Crippen molar-refractivity contribution in [3.63, 3.8) is 0 Å². The van der Waals surface area contributed by atoms with Gasteiger partial charge in [-0.05, 0) is 23.6 Å². The van der Waals surface area contributed by atoms with Gasteiger partial charge in [-0.25, -0.2) is 0 Å². The molecule has 4 rings (SSSR count). The van der Waals surface area contributed by atoms with E-state index < -0.39 is 0 Å². The lowest BCUT2D eigenvalue weighted by atomic mass is 10.1. The summed E-state index contributed by atoms with van der Waals surface area (Å²) in [6.07, 6.45) is 1.21. The van der Waals surface area contributed by atoms with Gasteiger partial charge < -0.3 is 4.90 Å². The van der Waals surface area contributed by atoms with Crippen molar-refractivity contribution in [2.75, 3.05) is 24.5 Å². The minimum atomic E-state index is 0.711. The minimum Gasteiger partial charge on any atom is -0.365 e. The van der Waals surface area contributed by atoms with E-state index in [1.807, 2.05) is 0 Å². The number of hydrogen-bond acceptors (Lipinski definition) is 2. The lowest BCUT2D eigenvalue weighted by Crippen LogP contribution is -2.58. The van der Waals surface area contributed by atoms with Crippen molar-refractivity contribution in [2.24, 2.45) is 0 Å². The van der Waals surface area contributed by atoms with Crippen LogP contribution in [0.2, 0.25) is 0 Å². The largest absolute Gasteiger partial charge is 0.365 e. The van der Waals surface area contributed by atoms with E-state index in [2.05, 4.69) is 64.4 Å². The summed E-state index contributed by atoms with van der Waals surface area (Å²) in [6, 6.07) is 20.4. The first-order valence-corrected chi connectivity index (χ1v) is 7.51. The van der Waals surface area contributed by atoms with E-state index in [1.54, 1.807) is 0 Å². The number of rotatable bonds is 3. The Morgan fingerprint density at radius 1 is 0.900 bits per heavy atom. The zero-order valence-corrected chi connectivity index (χ0v) is 11.7. The second-order valence-corrected chi connectivity index (χ2v) is 5.91. The van der Waals surface area contributed by atoms with Crippen LogP contribution in [0, 0.1) is 0 Å². The lowest BCUT2D eigenvalue weighted by molar-refractivity contribution is 0.137. The molecule has 0 aromatic heterocycles. The summed E-state index contributed by atoms with van der Waals surface area (Å²) in [7, 11) is 0. The Hall–Kier alpha value is -1.80. The van der Waals surface area contributed by atoms with Crippen molar-refractivity contribution in [1.29, 1.82) is 0 Å². The fraction of sp³-hybridized carbons (Fsp3) is 0.333. The number of fused-ring (bicyclic) bond motifs is 1. The molecule has 0 spiro atoms. The van der Waals surface area contributed by atoms with E-state index in [1.165, 1.54) is 42.9 Å². The van der Waals surface area contributed by atoms with E-state index in [0.29, 0.717) is 6.04 Å². The van der Waals surface area contributed by atoms with Crippen molar-refractivity contribution in [2.45, 2.75) is 19.0 Å². The number of nitrogens with zero attached hydrogens (tertiary/aromatic N) is 2. The van der Waals surface area contributed by atoms with Crippen LogP contribution >= 0.6 is 0 Å². The molecule has 1 saturated heterocycles. The predicted octanol–water partition coefficient (Wildman–Crippen LogP) is 2.93. The molecule has 2 aliphatic rings. The van der Waals surface area contributed by atoms with Crippen molar-refractivity contribution >= 4 is 5.69 Å². The van der Waals surface area contributed by atoms with Crippen LogP contribution < -0.4 is 4.90 Å². The zero-order chi connectivity index (χ0) is 13.4. The van der Waals surface area contributed by atoms with Gasteiger partial charge in [0, 0.05) is 31.9 Å². The molecule has 20 heavy (non-hydrogen) atoms. The van der Waals surface area contributed by atoms with Gasteiger partial charge >= 0.3 is 0 Å². The topological polar surface area (TPSA) is 6.48 Å². The third-order valence-electron chi connectivity index (χ3n) is 4.55. The highest BCUT2D eigenvalue weighted by molar-refractivity contribution is 5.59. The van der Waals surface area contributed by atoms with Crippen molar-refractivity contribution < 1.29 is 0 Å². The first-order valence-electron chi connectivity index (χ1n) is 7.51. The summed E-state index contributed by atoms with van der Waals surface area (Å²) in [6.45, 7) is 4.68. The lowest BCUT2D eigenvalue weighted by Gasteiger charge is -2.45. The highest BCUT2D eigenvalue weighted by Crippen LogP contribution is 2.32. The molecule has 0 radical (unpaired) electrons. The van der Waals surface area contributed by atoms with Crippen LogP contribution in [0.5, 0.6) is 0 Å². The number of likely N-dealkylation sites (tertiary alicyclic amines) is 1. The number of anilines is 1. The molecule has 2 heterocycles. The highest BCUT2D eigenvalue weighted by Gasteiger charge is 2.34. The fourth-order valence-corrected chi connectivity index (χ4v) is 3.45. The third-order valence-corrected chi connectivity index (χ3v) is 4.55. The smallest absolute Gasteiger partial charge is 0.0544 e. The zero-order valence-electron chi connectivity index (χ0n) is 11.7. The maximum Gasteiger partial charge on any atom is 0.0544 e. The van der Waals surface area contributed by atoms with Gasteiger partial charge in [-0.1, -0.05) is 48.5 Å². The first kappa shape index (κ1) is 12.0. The van der Waals surface area contributed by atoms with E-state index in [4.69, 9.17) is 0 Å². The van der Waals surface area contributed by atoms with E-state index >= 15 is 0 Å². The summed E-state index contributed by atoms with van der Waals surface area (Å²) in [4.78, 5) is 5.15. The van der Waals surface area contributed by atoms with Crippen molar-refractivity contribution in [3.8, 4) is 0 Å². The first-order chi connectivity index (χ1) is 9.90. The molecule has 2 aromatic carbocycles. The van der Waals surface area contributed by atoms with Crippen LogP contribution in [0.15, 0.2) is 54.6 Å². The SMILES string of the molecule is c1ccc(CN2CC(N3CCc4ccccc43)C2)cc1. The molecule has 0 unspecified atom stereocenters. The van der Waals surface area contributed by atoms with Gasteiger partial charge in [0.1, 0.15) is 0 Å². The molecule has 2 aliphatic heterocycles. The Morgan fingerprint density at radius 2 is 1.65 bits per heavy atom. The molecule has 2 heteroatoms. The normalized spacial score (nSPS) is 18.9. The average molecular weight is 264 g/mol. The molecule has 2 nitrogen and oxygen atoms in total. The number of benzene rings is 2. The Kier molecular flexibility index (Phi) is 2.96. The van der Waals surface area contributed by atoms with Crippen LogP contribution in [0.3, 0.4) is 0 Å². The Morgan fingerprint density at radius 3 is 2.50 bits per heavy atom. The maximum absolute atomic E-state index is 2.61. The van der Waals surface area contributed by atoms with E-state index in [0.717, 1.165) is 6.54 Å². The van der Waals surface area contributed by atoms with Gasteiger partial charge in [-0.3, -0.25) is 4.90 Å². The molecule has 2 aromatic rings. The molecule has 0 aliphatic carbocycles. The Bertz CT molecular complexity index is 587. The summed E-state index contributed by atoms with van der Waals surface area (Å²) >= 11 is 0. The van der Waals surface area contributed by atoms with Crippen LogP contribution in [0.4, 0.5) is 5.69 Å². The minimum absolute atomic E-state index is 0.711. The van der Waals surface area contributed by atoms with Crippen LogP contribution in [0.1, 0.15) is 11.1 Å². The molecule has 0 bridgehead atoms. The molecule has 0 saturated carbocycles. The van der Waals surface area contributed by atoms with Gasteiger partial charge in [0.2, 0.25) is 0 Å². The standard InChI is InChI=1S/C18H20N2/c1-2-6-15(7-3-1)12-19-13-17(14-19)20-11-10-16-8-4-5-9-18(16)20/h1-9,17H,10-14H2. The van der Waals surface area contributed by atoms with Gasteiger partial charge in [-0.15, -0.1) is 0 Å². The number of para-hydroxylation sites is 1. The average Bonchev–Trinajstić information content (AvgIpc) is 2.87. The summed E-state index contributed by atoms with van der Waals surface area (Å²) in [5.41, 5.74) is 4.42. The van der Waals surface area contributed by atoms with Crippen molar-refractivity contribution in [3.05, 3.63) is 65.7 Å². The molecule has 1 fully saturated rings. The molecular weight excluding hydrogens is 244 g/mol. The van der Waals surface area contributed by atoms with Gasteiger partial charge in [0.25, 0.3) is 0 Å². The summed E-state index contributed by atoms with van der Waals surface area (Å²) in [5, 5.41) is 0. The summed E-state index contributed by atoms with van der Waals surface area (Å²) < 4.78 is 0. The second-order valence-electron chi connectivity index (χ2n) is 5.91. The second kappa shape index (κ2) is 4.95. The van der Waals surface area contributed by atoms with E-state index in [9.17, 15) is 0 Å². The van der Waals surface area contributed by atoms with Gasteiger partial charge in [0.05, 0.1) is 6.04 Å². The van der Waals surface area contributed by atoms with Crippen LogP contribution in [-0.2, 0) is 13.0 Å². The fourth-order valence-electron chi connectivity index (χ4n) is 3.45. The third kappa shape index (κ3) is 2.10.